The third-order valence-corrected chi connectivity index (χ3v) is 7.73. The zero-order valence-electron chi connectivity index (χ0n) is 20.8. The summed E-state index contributed by atoms with van der Waals surface area (Å²) in [5.41, 5.74) is -2.43. The highest BCUT2D eigenvalue weighted by Gasteiger charge is 2.58. The van der Waals surface area contributed by atoms with Crippen LogP contribution in [0, 0.1) is 5.92 Å². The first-order chi connectivity index (χ1) is 17.4. The van der Waals surface area contributed by atoms with Crippen LogP contribution in [0.25, 0.3) is 0 Å². The van der Waals surface area contributed by atoms with Crippen LogP contribution in [-0.4, -0.2) is 76.6 Å². The van der Waals surface area contributed by atoms with Crippen LogP contribution < -0.4 is 9.84 Å². The predicted molar refractivity (Wildman–Crippen MR) is 130 cm³/mol. The van der Waals surface area contributed by atoms with E-state index in [1.54, 1.807) is 44.2 Å². The van der Waals surface area contributed by atoms with Crippen molar-refractivity contribution in [2.75, 3.05) is 19.4 Å². The van der Waals surface area contributed by atoms with Crippen LogP contribution in [0.1, 0.15) is 20.8 Å². The number of aliphatic hydroxyl groups is 2. The smallest absolute Gasteiger partial charge is 0.380 e. The van der Waals surface area contributed by atoms with Gasteiger partial charge in [-0.2, -0.15) is 0 Å². The molecule has 0 radical (unpaired) electrons. The lowest BCUT2D eigenvalue weighted by atomic mass is 9.95. The largest absolute Gasteiger partial charge is 0.463 e. The molecule has 1 fully saturated rings. The molecule has 6 atom stereocenters. The van der Waals surface area contributed by atoms with Gasteiger partial charge in [-0.05, 0) is 26.0 Å². The second kappa shape index (κ2) is 11.7. The molecular formula is C24H32FN2O9P. The van der Waals surface area contributed by atoms with E-state index in [0.29, 0.717) is 0 Å². The highest BCUT2D eigenvalue weighted by molar-refractivity contribution is 7.54. The van der Waals surface area contributed by atoms with Gasteiger partial charge in [-0.15, -0.1) is 0 Å². The lowest BCUT2D eigenvalue weighted by molar-refractivity contribution is -0.151. The van der Waals surface area contributed by atoms with E-state index in [1.807, 2.05) is 0 Å². The SMILES string of the molecule is C=C1NC(=O)C=CN1[C@@H]1O[C@H](CO[P@@](=O)(C[C@@H](C)C(=O)OC(C)C)Oc2ccccc2)[C@H](O)C1(O)CF. The van der Waals surface area contributed by atoms with E-state index in [-0.39, 0.29) is 23.8 Å². The van der Waals surface area contributed by atoms with Crippen LogP contribution in [0.4, 0.5) is 4.39 Å². The number of carbonyl (C=O) groups excluding carboxylic acids is 2. The summed E-state index contributed by atoms with van der Waals surface area (Å²) in [6.45, 7) is 6.54. The molecule has 2 aliphatic rings. The Morgan fingerprint density at radius 2 is 2.00 bits per heavy atom. The number of hydrogen-bond donors (Lipinski definition) is 3. The van der Waals surface area contributed by atoms with E-state index in [9.17, 15) is 28.8 Å². The van der Waals surface area contributed by atoms with Crippen molar-refractivity contribution >= 4 is 19.5 Å². The molecule has 1 aromatic carbocycles. The zero-order chi connectivity index (χ0) is 27.4. The maximum atomic E-state index is 14.0. The number of amides is 1. The molecule has 3 N–H and O–H groups in total. The molecular weight excluding hydrogens is 510 g/mol. The molecule has 3 rings (SSSR count). The third-order valence-electron chi connectivity index (χ3n) is 5.70. The molecule has 1 saturated heterocycles. The standard InChI is InChI=1S/C24H32FN2O9P/c1-15(2)34-22(30)16(3)13-37(32,36-18-8-6-5-7-9-18)33-12-19-21(29)24(31,14-25)23(35-19)27-11-10-20(28)26-17(27)4/h5-11,15-16,19,21,23,29,31H,4,12-14H2,1-3H3,(H,26,28)/t16-,19-,21+,23-,24?,37+/m1/s1. The number of para-hydroxylation sites is 1. The van der Waals surface area contributed by atoms with Crippen LogP contribution >= 0.6 is 7.60 Å². The van der Waals surface area contributed by atoms with E-state index < -0.39 is 62.7 Å². The Labute approximate surface area is 214 Å². The molecule has 1 amide bonds. The lowest BCUT2D eigenvalue weighted by Gasteiger charge is -2.37. The number of aliphatic hydroxyl groups excluding tert-OH is 1. The Bertz CT molecular complexity index is 1070. The van der Waals surface area contributed by atoms with Gasteiger partial charge in [0, 0.05) is 12.3 Å². The molecule has 0 aliphatic carbocycles. The Hall–Kier alpha value is -2.76. The summed E-state index contributed by atoms with van der Waals surface area (Å²) in [5, 5.41) is 24.0. The summed E-state index contributed by atoms with van der Waals surface area (Å²) in [6.07, 6.45) is -3.04. The van der Waals surface area contributed by atoms with Crippen molar-refractivity contribution in [3.8, 4) is 5.75 Å². The molecule has 1 aromatic rings. The van der Waals surface area contributed by atoms with Gasteiger partial charge in [-0.1, -0.05) is 31.7 Å². The van der Waals surface area contributed by atoms with Crippen LogP contribution in [0.5, 0.6) is 5.75 Å². The lowest BCUT2D eigenvalue weighted by Crippen LogP contribution is -2.57. The van der Waals surface area contributed by atoms with Crippen molar-refractivity contribution in [1.29, 1.82) is 0 Å². The minimum Gasteiger partial charge on any atom is -0.463 e. The Morgan fingerprint density at radius 3 is 2.59 bits per heavy atom. The Balaban J connectivity index is 1.79. The van der Waals surface area contributed by atoms with Gasteiger partial charge in [0.05, 0.1) is 24.8 Å². The molecule has 0 bridgehead atoms. The Kier molecular flexibility index (Phi) is 9.14. The summed E-state index contributed by atoms with van der Waals surface area (Å²) in [4.78, 5) is 25.1. The average molecular weight is 542 g/mol. The molecule has 204 valence electrons. The molecule has 1 unspecified atom stereocenters. The van der Waals surface area contributed by atoms with E-state index in [0.717, 1.165) is 11.0 Å². The summed E-state index contributed by atoms with van der Waals surface area (Å²) in [7, 11) is -4.07. The highest BCUT2D eigenvalue weighted by Crippen LogP contribution is 2.51. The first kappa shape index (κ1) is 28.8. The van der Waals surface area contributed by atoms with E-state index in [2.05, 4.69) is 11.9 Å². The van der Waals surface area contributed by atoms with Gasteiger partial charge in [0.2, 0.25) is 0 Å². The Morgan fingerprint density at radius 1 is 1.32 bits per heavy atom. The quantitative estimate of drug-likeness (QED) is 0.281. The number of benzene rings is 1. The van der Waals surface area contributed by atoms with Gasteiger partial charge in [-0.3, -0.25) is 14.1 Å². The van der Waals surface area contributed by atoms with Crippen LogP contribution in [0.2, 0.25) is 0 Å². The third kappa shape index (κ3) is 6.77. The van der Waals surface area contributed by atoms with Gasteiger partial charge in [0.25, 0.3) is 5.91 Å². The van der Waals surface area contributed by atoms with E-state index >= 15 is 0 Å². The van der Waals surface area contributed by atoms with Crippen LogP contribution in [0.3, 0.4) is 0 Å². The van der Waals surface area contributed by atoms with Gasteiger partial charge in [-0.25, -0.2) is 8.96 Å². The van der Waals surface area contributed by atoms with Gasteiger partial charge in [0.1, 0.15) is 30.5 Å². The van der Waals surface area contributed by atoms with Crippen LogP contribution in [0.15, 0.2) is 55.0 Å². The number of carbonyl (C=O) groups is 2. The normalized spacial score (nSPS) is 28.1. The molecule has 0 saturated carbocycles. The second-order valence-corrected chi connectivity index (χ2v) is 11.2. The zero-order valence-corrected chi connectivity index (χ0v) is 21.7. The van der Waals surface area contributed by atoms with Crippen molar-refractivity contribution in [2.24, 2.45) is 5.92 Å². The van der Waals surface area contributed by atoms with E-state index in [1.165, 1.54) is 13.1 Å². The van der Waals surface area contributed by atoms with Crippen molar-refractivity contribution in [3.63, 3.8) is 0 Å². The van der Waals surface area contributed by atoms with Gasteiger partial charge < -0.3 is 34.4 Å². The number of esters is 1. The molecule has 0 spiro atoms. The van der Waals surface area contributed by atoms with Crippen molar-refractivity contribution in [2.45, 2.75) is 50.9 Å². The number of nitrogens with zero attached hydrogens (tertiary/aromatic N) is 1. The van der Waals surface area contributed by atoms with Gasteiger partial charge >= 0.3 is 13.6 Å². The highest BCUT2D eigenvalue weighted by atomic mass is 31.2. The number of nitrogens with one attached hydrogen (secondary N) is 1. The average Bonchev–Trinajstić information content (AvgIpc) is 3.08. The topological polar surface area (TPSA) is 144 Å². The van der Waals surface area contributed by atoms with Crippen LogP contribution in [-0.2, 0) is 28.2 Å². The molecule has 2 aliphatic heterocycles. The maximum absolute atomic E-state index is 14.0. The number of hydrogen-bond acceptors (Lipinski definition) is 10. The second-order valence-electron chi connectivity index (χ2n) is 9.14. The van der Waals surface area contributed by atoms with Gasteiger partial charge in [0.15, 0.2) is 11.8 Å². The summed E-state index contributed by atoms with van der Waals surface area (Å²) in [6, 6.07) is 8.14. The summed E-state index contributed by atoms with van der Waals surface area (Å²) < 4.78 is 49.9. The fraction of sp³-hybridized carbons (Fsp3) is 0.500. The molecule has 13 heteroatoms. The molecule has 0 aromatic heterocycles. The fourth-order valence-corrected chi connectivity index (χ4v) is 5.69. The van der Waals surface area contributed by atoms with Crippen molar-refractivity contribution < 1.29 is 47.3 Å². The fourth-order valence-electron chi connectivity index (χ4n) is 3.82. The number of halogens is 1. The number of rotatable bonds is 11. The van der Waals surface area contributed by atoms with Crippen molar-refractivity contribution in [1.82, 2.24) is 10.2 Å². The summed E-state index contributed by atoms with van der Waals surface area (Å²) in [5.74, 6) is -1.74. The minimum atomic E-state index is -4.07. The van der Waals surface area contributed by atoms with Crippen molar-refractivity contribution in [3.05, 3.63) is 55.0 Å². The predicted octanol–water partition coefficient (Wildman–Crippen LogP) is 2.07. The maximum Gasteiger partial charge on any atom is 0.380 e. The first-order valence-electron chi connectivity index (χ1n) is 11.7. The molecule has 37 heavy (non-hydrogen) atoms. The molecule has 11 nitrogen and oxygen atoms in total. The molecule has 2 heterocycles. The summed E-state index contributed by atoms with van der Waals surface area (Å²) >= 11 is 0. The number of alkyl halides is 1. The number of ether oxygens (including phenoxy) is 2. The van der Waals surface area contributed by atoms with E-state index in [4.69, 9.17) is 18.5 Å². The minimum absolute atomic E-state index is 0.00582. The first-order valence-corrected chi connectivity index (χ1v) is 13.4. The monoisotopic (exact) mass is 542 g/mol.